The first-order valence-corrected chi connectivity index (χ1v) is 7.65. The largest absolute Gasteiger partial charge is 0.326 e. The molecule has 0 aliphatic rings. The number of benzene rings is 1. The number of rotatable bonds is 6. The van der Waals surface area contributed by atoms with Crippen molar-refractivity contribution < 1.29 is 17.6 Å². The molecule has 7 heteroatoms. The predicted molar refractivity (Wildman–Crippen MR) is 78.6 cm³/mol. The Morgan fingerprint density at radius 2 is 1.80 bits per heavy atom. The first-order valence-electron chi connectivity index (χ1n) is 6.06. The number of halogens is 6. The minimum absolute atomic E-state index is 0.112. The molecule has 0 spiro atoms. The molecule has 1 atom stereocenters. The van der Waals surface area contributed by atoms with Crippen LogP contribution in [0.3, 0.4) is 0 Å². The molecule has 1 rings (SSSR count). The second-order valence-corrected chi connectivity index (χ2v) is 6.19. The summed E-state index contributed by atoms with van der Waals surface area (Å²) in [5.74, 6) is -4.15. The van der Waals surface area contributed by atoms with Crippen molar-refractivity contribution in [1.82, 2.24) is 5.32 Å². The fraction of sp³-hybridized carbons (Fsp3) is 0.538. The highest BCUT2D eigenvalue weighted by Crippen LogP contribution is 2.40. The number of alkyl halides is 4. The van der Waals surface area contributed by atoms with Gasteiger partial charge in [-0.25, -0.2) is 8.78 Å². The van der Waals surface area contributed by atoms with Crippen LogP contribution in [0.5, 0.6) is 0 Å². The summed E-state index contributed by atoms with van der Waals surface area (Å²) in [6, 6.07) is 1.33. The average Bonchev–Trinajstić information content (AvgIpc) is 2.35. The van der Waals surface area contributed by atoms with E-state index in [2.05, 4.69) is 37.2 Å². The zero-order chi connectivity index (χ0) is 15.5. The Kier molecular flexibility index (Phi) is 6.47. The lowest BCUT2D eigenvalue weighted by Gasteiger charge is -2.28. The molecule has 0 aliphatic carbocycles. The summed E-state index contributed by atoms with van der Waals surface area (Å²) in [4.78, 5) is 0. The minimum atomic E-state index is -4.15. The smallest absolute Gasteiger partial charge is 0.305 e. The van der Waals surface area contributed by atoms with E-state index >= 15 is 0 Å². The van der Waals surface area contributed by atoms with Crippen LogP contribution in [0.4, 0.5) is 17.6 Å². The molecule has 0 aromatic heterocycles. The van der Waals surface area contributed by atoms with E-state index in [1.807, 2.05) is 0 Å². The highest BCUT2D eigenvalue weighted by molar-refractivity contribution is 9.11. The summed E-state index contributed by atoms with van der Waals surface area (Å²) in [6.45, 7) is 3.80. The first-order chi connectivity index (χ1) is 9.21. The van der Waals surface area contributed by atoms with E-state index in [1.165, 1.54) is 6.07 Å². The molecule has 0 fully saturated rings. The van der Waals surface area contributed by atoms with Gasteiger partial charge in [0.1, 0.15) is 6.04 Å². The van der Waals surface area contributed by atoms with Crippen LogP contribution in [0.25, 0.3) is 0 Å². The third-order valence-electron chi connectivity index (χ3n) is 2.86. The standard InChI is InChI=1S/C13H15Br2F4N/c1-3-4-20-11(13(18,19)12(16)17)8-6-9(14)7(2)5-10(8)15/h5-6,11-12,20H,3-4H2,1-2H3. The molecule has 1 nitrogen and oxygen atoms in total. The van der Waals surface area contributed by atoms with Crippen molar-refractivity contribution in [2.45, 2.75) is 38.7 Å². The van der Waals surface area contributed by atoms with Crippen LogP contribution in [-0.4, -0.2) is 18.9 Å². The molecule has 0 heterocycles. The monoisotopic (exact) mass is 419 g/mol. The van der Waals surface area contributed by atoms with Crippen molar-refractivity contribution >= 4 is 31.9 Å². The molecule has 1 unspecified atom stereocenters. The second-order valence-electron chi connectivity index (χ2n) is 4.49. The molecule has 0 aliphatic heterocycles. The molecule has 1 N–H and O–H groups in total. The third kappa shape index (κ3) is 3.95. The van der Waals surface area contributed by atoms with Gasteiger partial charge in [-0.3, -0.25) is 0 Å². The van der Waals surface area contributed by atoms with Gasteiger partial charge in [-0.15, -0.1) is 0 Å². The SMILES string of the molecule is CCCNC(c1cc(Br)c(C)cc1Br)C(F)(F)C(F)F. The number of hydrogen-bond donors (Lipinski definition) is 1. The molecule has 20 heavy (non-hydrogen) atoms. The van der Waals surface area contributed by atoms with E-state index in [4.69, 9.17) is 0 Å². The second kappa shape index (κ2) is 7.22. The van der Waals surface area contributed by atoms with Gasteiger partial charge >= 0.3 is 12.3 Å². The fourth-order valence-electron chi connectivity index (χ4n) is 1.75. The summed E-state index contributed by atoms with van der Waals surface area (Å²) in [7, 11) is 0. The lowest BCUT2D eigenvalue weighted by Crippen LogP contribution is -2.43. The fourth-order valence-corrected chi connectivity index (χ4v) is 2.80. The Hall–Kier alpha value is -0.140. The summed E-state index contributed by atoms with van der Waals surface area (Å²) >= 11 is 6.42. The third-order valence-corrected chi connectivity index (χ3v) is 4.40. The maximum atomic E-state index is 13.8. The Balaban J connectivity index is 3.27. The number of nitrogens with one attached hydrogen (secondary N) is 1. The van der Waals surface area contributed by atoms with Crippen molar-refractivity contribution in [3.05, 3.63) is 32.2 Å². The maximum Gasteiger partial charge on any atom is 0.326 e. The Labute approximate surface area is 132 Å². The van der Waals surface area contributed by atoms with Crippen molar-refractivity contribution in [3.63, 3.8) is 0 Å². The summed E-state index contributed by atoms with van der Waals surface area (Å²) < 4.78 is 53.9. The van der Waals surface area contributed by atoms with Gasteiger partial charge in [-0.05, 0) is 43.1 Å². The van der Waals surface area contributed by atoms with Gasteiger partial charge in [0.15, 0.2) is 0 Å². The molecule has 0 bridgehead atoms. The van der Waals surface area contributed by atoms with E-state index < -0.39 is 18.4 Å². The van der Waals surface area contributed by atoms with E-state index in [0.717, 1.165) is 5.56 Å². The Morgan fingerprint density at radius 3 is 2.30 bits per heavy atom. The van der Waals surface area contributed by atoms with Crippen molar-refractivity contribution in [2.24, 2.45) is 0 Å². The lowest BCUT2D eigenvalue weighted by molar-refractivity contribution is -0.151. The van der Waals surface area contributed by atoms with E-state index in [9.17, 15) is 17.6 Å². The topological polar surface area (TPSA) is 12.0 Å². The minimum Gasteiger partial charge on any atom is -0.305 e. The molecule has 0 radical (unpaired) electrons. The zero-order valence-corrected chi connectivity index (χ0v) is 14.2. The molecular weight excluding hydrogens is 406 g/mol. The van der Waals surface area contributed by atoms with Gasteiger partial charge in [0.05, 0.1) is 0 Å². The summed E-state index contributed by atoms with van der Waals surface area (Å²) in [5, 5.41) is 2.51. The van der Waals surface area contributed by atoms with E-state index in [-0.39, 0.29) is 12.1 Å². The van der Waals surface area contributed by atoms with Crippen LogP contribution in [0.2, 0.25) is 0 Å². The molecule has 1 aromatic carbocycles. The summed E-state index contributed by atoms with van der Waals surface area (Å²) in [5.41, 5.74) is 0.941. The Bertz CT molecular complexity index is 466. The maximum absolute atomic E-state index is 13.8. The lowest BCUT2D eigenvalue weighted by atomic mass is 9.99. The number of aryl methyl sites for hydroxylation is 1. The Morgan fingerprint density at radius 1 is 1.20 bits per heavy atom. The molecular formula is C13H15Br2F4N. The summed E-state index contributed by atoms with van der Waals surface area (Å²) in [6.07, 6.45) is -3.16. The molecule has 1 aromatic rings. The van der Waals surface area contributed by atoms with Crippen LogP contribution >= 0.6 is 31.9 Å². The average molecular weight is 421 g/mol. The zero-order valence-electron chi connectivity index (χ0n) is 11.0. The van der Waals surface area contributed by atoms with Crippen LogP contribution < -0.4 is 5.32 Å². The van der Waals surface area contributed by atoms with Gasteiger partial charge in [0, 0.05) is 8.95 Å². The van der Waals surface area contributed by atoms with Crippen molar-refractivity contribution in [3.8, 4) is 0 Å². The van der Waals surface area contributed by atoms with E-state index in [1.54, 1.807) is 19.9 Å². The highest BCUT2D eigenvalue weighted by atomic mass is 79.9. The molecule has 0 amide bonds. The molecule has 114 valence electrons. The van der Waals surface area contributed by atoms with Crippen molar-refractivity contribution in [1.29, 1.82) is 0 Å². The number of hydrogen-bond acceptors (Lipinski definition) is 1. The normalized spacial score (nSPS) is 13.8. The van der Waals surface area contributed by atoms with Crippen molar-refractivity contribution in [2.75, 3.05) is 6.54 Å². The van der Waals surface area contributed by atoms with Gasteiger partial charge in [-0.1, -0.05) is 38.8 Å². The van der Waals surface area contributed by atoms with Crippen LogP contribution in [0.15, 0.2) is 21.1 Å². The van der Waals surface area contributed by atoms with Gasteiger partial charge in [0.25, 0.3) is 0 Å². The predicted octanol–water partition coefficient (Wildman–Crippen LogP) is 5.46. The first kappa shape index (κ1) is 17.9. The quantitative estimate of drug-likeness (QED) is 0.602. The van der Waals surface area contributed by atoms with Crippen LogP contribution in [0, 0.1) is 6.92 Å². The van der Waals surface area contributed by atoms with Crippen LogP contribution in [0.1, 0.15) is 30.5 Å². The highest BCUT2D eigenvalue weighted by Gasteiger charge is 2.49. The van der Waals surface area contributed by atoms with E-state index in [0.29, 0.717) is 15.4 Å². The molecule has 0 saturated carbocycles. The van der Waals surface area contributed by atoms with Gasteiger partial charge in [0.2, 0.25) is 0 Å². The van der Waals surface area contributed by atoms with Gasteiger partial charge < -0.3 is 5.32 Å². The van der Waals surface area contributed by atoms with Gasteiger partial charge in [-0.2, -0.15) is 8.78 Å². The van der Waals surface area contributed by atoms with Crippen LogP contribution in [-0.2, 0) is 0 Å². The molecule has 0 saturated heterocycles.